The zero-order chi connectivity index (χ0) is 34.2. The molecule has 4 bridgehead atoms. The summed E-state index contributed by atoms with van der Waals surface area (Å²) in [6.45, 7) is 11.9. The normalized spacial score (nSPS) is 16.3. The van der Waals surface area contributed by atoms with Gasteiger partial charge in [0.15, 0.2) is 0 Å². The zero-order valence-corrected chi connectivity index (χ0v) is 28.5. The highest BCUT2D eigenvalue weighted by atomic mass is 32.2. The molecule has 0 spiro atoms. The second kappa shape index (κ2) is 13.3. The number of fused-ring (bicyclic) bond motifs is 5. The number of carbonyl (C=O) groups excluding carboxylic acids is 1. The highest BCUT2D eigenvalue weighted by molar-refractivity contribution is 7.92. The Hall–Kier alpha value is -4.88. The summed E-state index contributed by atoms with van der Waals surface area (Å²) >= 11 is 0. The van der Waals surface area contributed by atoms with Crippen LogP contribution in [0.25, 0.3) is 22.5 Å². The average Bonchev–Trinajstić information content (AvgIpc) is 3.47. The summed E-state index contributed by atoms with van der Waals surface area (Å²) in [4.78, 5) is 34.0. The molecule has 0 aliphatic carbocycles. The summed E-state index contributed by atoms with van der Waals surface area (Å²) in [5.74, 6) is 0.452. The van der Waals surface area contributed by atoms with Crippen LogP contribution in [0, 0.1) is 13.8 Å². The SMILES string of the molecule is Cc1cccc(C)c1-c1cc2nc(n1)NS(=O)(=O)c1cccc(c1)C(=O)N(Cc1cnc3oc(C(C)C)cc3n1)[C@H](COC(C)C)CO2. The van der Waals surface area contributed by atoms with Gasteiger partial charge in [0.05, 0.1) is 47.8 Å². The average molecular weight is 671 g/mol. The first-order valence-electron chi connectivity index (χ1n) is 15.8. The molecule has 1 atom stereocenters. The first kappa shape index (κ1) is 33.0. The molecule has 12 nitrogen and oxygen atoms in total. The predicted octanol–water partition coefficient (Wildman–Crippen LogP) is 6.05. The van der Waals surface area contributed by atoms with Gasteiger partial charge in [-0.1, -0.05) is 38.1 Å². The molecule has 13 heteroatoms. The highest BCUT2D eigenvalue weighted by Gasteiger charge is 2.30. The molecule has 1 aliphatic heterocycles. The van der Waals surface area contributed by atoms with Crippen LogP contribution in [-0.2, 0) is 21.3 Å². The van der Waals surface area contributed by atoms with E-state index in [0.717, 1.165) is 22.5 Å². The van der Waals surface area contributed by atoms with E-state index in [9.17, 15) is 13.2 Å². The Labute approximate surface area is 279 Å². The Morgan fingerprint density at radius 3 is 2.48 bits per heavy atom. The maximum absolute atomic E-state index is 14.3. The van der Waals surface area contributed by atoms with Crippen LogP contribution >= 0.6 is 0 Å². The lowest BCUT2D eigenvalue weighted by Crippen LogP contribution is -2.46. The molecule has 0 saturated heterocycles. The fourth-order valence-corrected chi connectivity index (χ4v) is 6.52. The maximum Gasteiger partial charge on any atom is 0.264 e. The molecule has 48 heavy (non-hydrogen) atoms. The summed E-state index contributed by atoms with van der Waals surface area (Å²) in [5.41, 5.74) is 4.89. The molecule has 1 aliphatic rings. The molecule has 250 valence electrons. The third kappa shape index (κ3) is 7.02. The summed E-state index contributed by atoms with van der Waals surface area (Å²) in [7, 11) is -4.20. The first-order valence-corrected chi connectivity index (χ1v) is 17.3. The molecule has 1 amide bonds. The van der Waals surface area contributed by atoms with Crippen molar-refractivity contribution >= 4 is 33.1 Å². The number of nitrogens with zero attached hydrogens (tertiary/aromatic N) is 5. The van der Waals surface area contributed by atoms with Gasteiger partial charge in [0, 0.05) is 29.2 Å². The molecule has 1 N–H and O–H groups in total. The molecule has 0 fully saturated rings. The Morgan fingerprint density at radius 1 is 1.00 bits per heavy atom. The van der Waals surface area contributed by atoms with E-state index in [1.807, 2.05) is 65.8 Å². The van der Waals surface area contributed by atoms with Crippen molar-refractivity contribution in [2.75, 3.05) is 17.9 Å². The first-order chi connectivity index (χ1) is 22.9. The van der Waals surface area contributed by atoms with Gasteiger partial charge < -0.3 is 18.8 Å². The van der Waals surface area contributed by atoms with Crippen LogP contribution in [0.3, 0.4) is 0 Å². The molecular weight excluding hydrogens is 632 g/mol. The topological polar surface area (TPSA) is 150 Å². The monoisotopic (exact) mass is 670 g/mol. The van der Waals surface area contributed by atoms with Crippen LogP contribution in [0.15, 0.2) is 70.1 Å². The van der Waals surface area contributed by atoms with E-state index in [4.69, 9.17) is 18.9 Å². The molecule has 6 rings (SSSR count). The number of rotatable bonds is 7. The van der Waals surface area contributed by atoms with Crippen LogP contribution < -0.4 is 9.46 Å². The zero-order valence-electron chi connectivity index (χ0n) is 27.7. The number of benzene rings is 2. The summed E-state index contributed by atoms with van der Waals surface area (Å²) < 4.78 is 48.0. The van der Waals surface area contributed by atoms with E-state index in [-0.39, 0.29) is 54.1 Å². The minimum Gasteiger partial charge on any atom is -0.475 e. The summed E-state index contributed by atoms with van der Waals surface area (Å²) in [6, 6.07) is 14.6. The molecular formula is C35H38N6O6S. The lowest BCUT2D eigenvalue weighted by Gasteiger charge is -2.32. The number of amides is 1. The second-order valence-electron chi connectivity index (χ2n) is 12.5. The van der Waals surface area contributed by atoms with Gasteiger partial charge in [-0.25, -0.2) is 28.1 Å². The third-order valence-electron chi connectivity index (χ3n) is 8.01. The van der Waals surface area contributed by atoms with Crippen molar-refractivity contribution in [3.8, 4) is 17.1 Å². The number of ether oxygens (including phenoxy) is 2. The van der Waals surface area contributed by atoms with E-state index in [2.05, 4.69) is 19.7 Å². The number of carbonyl (C=O) groups is 1. The number of furan rings is 1. The predicted molar refractivity (Wildman–Crippen MR) is 180 cm³/mol. The van der Waals surface area contributed by atoms with Gasteiger partial charge in [0.2, 0.25) is 17.5 Å². The van der Waals surface area contributed by atoms with Crippen LogP contribution in [0.4, 0.5) is 5.95 Å². The van der Waals surface area contributed by atoms with E-state index in [1.165, 1.54) is 18.2 Å². The number of hydrogen-bond donors (Lipinski definition) is 1. The lowest BCUT2D eigenvalue weighted by molar-refractivity contribution is 0.00631. The molecule has 2 aromatic carbocycles. The number of hydrogen-bond acceptors (Lipinski definition) is 10. The molecule has 4 heterocycles. The smallest absolute Gasteiger partial charge is 0.264 e. The summed E-state index contributed by atoms with van der Waals surface area (Å²) in [6.07, 6.45) is 1.44. The number of sulfonamides is 1. The van der Waals surface area contributed by atoms with Crippen molar-refractivity contribution in [2.24, 2.45) is 0 Å². The van der Waals surface area contributed by atoms with E-state index in [1.54, 1.807) is 23.2 Å². The highest BCUT2D eigenvalue weighted by Crippen LogP contribution is 2.30. The number of anilines is 1. The van der Waals surface area contributed by atoms with E-state index < -0.39 is 22.0 Å². The quantitative estimate of drug-likeness (QED) is 0.217. The Kier molecular flexibility index (Phi) is 9.17. The molecule has 3 aromatic heterocycles. The van der Waals surface area contributed by atoms with E-state index in [0.29, 0.717) is 22.6 Å². The standard InChI is InChI=1S/C35H38N6O6S/c1-20(2)30-14-29-33(47-30)36-16-25(37-29)17-41-26(18-45-21(3)4)19-46-31-15-28(32-22(5)9-7-10-23(32)6)38-35(39-31)40-48(43,44)27-12-8-11-24(13-27)34(41)42/h7-16,20-21,26H,17-19H2,1-6H3,(H,38,39,40)/t26-/m1/s1. The fourth-order valence-electron chi connectivity index (χ4n) is 5.53. The fraction of sp³-hybridized carbons (Fsp3) is 0.343. The van der Waals surface area contributed by atoms with Crippen molar-refractivity contribution in [1.29, 1.82) is 0 Å². The van der Waals surface area contributed by atoms with Crippen LogP contribution in [0.5, 0.6) is 5.88 Å². The summed E-state index contributed by atoms with van der Waals surface area (Å²) in [5, 5.41) is 0. The Morgan fingerprint density at radius 2 is 1.75 bits per heavy atom. The second-order valence-corrected chi connectivity index (χ2v) is 14.1. The largest absolute Gasteiger partial charge is 0.475 e. The van der Waals surface area contributed by atoms with Crippen LogP contribution in [0.1, 0.15) is 66.6 Å². The molecule has 5 aromatic rings. The van der Waals surface area contributed by atoms with Crippen molar-refractivity contribution in [2.45, 2.75) is 71.0 Å². The number of aromatic nitrogens is 4. The van der Waals surface area contributed by atoms with Crippen molar-refractivity contribution in [3.05, 3.63) is 88.9 Å². The Balaban J connectivity index is 1.47. The van der Waals surface area contributed by atoms with Gasteiger partial charge >= 0.3 is 0 Å². The molecule has 0 radical (unpaired) electrons. The minimum absolute atomic E-state index is 0.0214. The van der Waals surface area contributed by atoms with Crippen LogP contribution in [-0.4, -0.2) is 64.5 Å². The van der Waals surface area contributed by atoms with Gasteiger partial charge in [-0.3, -0.25) is 4.79 Å². The minimum atomic E-state index is -4.20. The number of nitrogens with one attached hydrogen (secondary N) is 1. The van der Waals surface area contributed by atoms with Gasteiger partial charge in [-0.05, 0) is 57.0 Å². The molecule has 0 unspecified atom stereocenters. The molecule has 0 saturated carbocycles. The van der Waals surface area contributed by atoms with Crippen molar-refractivity contribution in [1.82, 2.24) is 24.8 Å². The lowest BCUT2D eigenvalue weighted by atomic mass is 10.00. The Bertz CT molecular complexity index is 2070. The van der Waals surface area contributed by atoms with Gasteiger partial charge in [-0.15, -0.1) is 0 Å². The number of aryl methyl sites for hydroxylation is 2. The van der Waals surface area contributed by atoms with Gasteiger partial charge in [-0.2, -0.15) is 4.98 Å². The van der Waals surface area contributed by atoms with Gasteiger partial charge in [0.25, 0.3) is 15.9 Å². The van der Waals surface area contributed by atoms with Gasteiger partial charge in [0.1, 0.15) is 17.9 Å². The van der Waals surface area contributed by atoms with Crippen LogP contribution in [0.2, 0.25) is 0 Å². The van der Waals surface area contributed by atoms with E-state index >= 15 is 0 Å². The van der Waals surface area contributed by atoms with Crippen molar-refractivity contribution < 1.29 is 27.1 Å². The van der Waals surface area contributed by atoms with Crippen molar-refractivity contribution in [3.63, 3.8) is 0 Å². The third-order valence-corrected chi connectivity index (χ3v) is 9.34. The maximum atomic E-state index is 14.3.